The van der Waals surface area contributed by atoms with Crippen LogP contribution in [0.25, 0.3) is 0 Å². The summed E-state index contributed by atoms with van der Waals surface area (Å²) in [6.07, 6.45) is 5.62. The number of hydrogen-bond donors (Lipinski definition) is 2. The molecule has 0 spiro atoms. The molecule has 0 radical (unpaired) electrons. The fourth-order valence-electron chi connectivity index (χ4n) is 1.05. The van der Waals surface area contributed by atoms with E-state index < -0.39 is 0 Å². The van der Waals surface area contributed by atoms with Gasteiger partial charge in [-0.2, -0.15) is 0 Å². The normalized spacial score (nSPS) is 9.79. The highest BCUT2D eigenvalue weighted by Gasteiger charge is 1.97. The van der Waals surface area contributed by atoms with Crippen LogP contribution in [0.2, 0.25) is 0 Å². The minimum Gasteiger partial charge on any atom is -0.356 e. The number of carbonyl (C=O) groups is 1. The second kappa shape index (κ2) is 10.3. The van der Waals surface area contributed by atoms with Crippen molar-refractivity contribution < 1.29 is 4.79 Å². The van der Waals surface area contributed by atoms with Gasteiger partial charge in [-0.25, -0.2) is 0 Å². The van der Waals surface area contributed by atoms with Gasteiger partial charge in [0.1, 0.15) is 0 Å². The summed E-state index contributed by atoms with van der Waals surface area (Å²) >= 11 is 0. The summed E-state index contributed by atoms with van der Waals surface area (Å²) in [4.78, 5) is 11.1. The summed E-state index contributed by atoms with van der Waals surface area (Å²) in [5.74, 6) is 0.142. The molecule has 0 aliphatic rings. The van der Waals surface area contributed by atoms with Gasteiger partial charge in [-0.1, -0.05) is 13.0 Å². The molecule has 0 aliphatic carbocycles. The smallest absolute Gasteiger partial charge is 0.221 e. The Kier molecular flexibility index (Phi) is 9.64. The standard InChI is InChI=1S/C11H22N2O/c1-3-5-6-9-12-10-7-11(14)13-8-4-2/h3,12H,1,4-10H2,2H3,(H,13,14). The van der Waals surface area contributed by atoms with E-state index in [1.807, 2.05) is 13.0 Å². The van der Waals surface area contributed by atoms with Crippen LogP contribution in [-0.2, 0) is 4.79 Å². The first-order chi connectivity index (χ1) is 6.81. The Hall–Kier alpha value is -0.830. The first-order valence-corrected chi connectivity index (χ1v) is 5.39. The van der Waals surface area contributed by atoms with Gasteiger partial charge in [0.05, 0.1) is 0 Å². The highest BCUT2D eigenvalue weighted by Crippen LogP contribution is 1.86. The number of allylic oxidation sites excluding steroid dienone is 1. The molecule has 82 valence electrons. The van der Waals surface area contributed by atoms with Crippen LogP contribution >= 0.6 is 0 Å². The third kappa shape index (κ3) is 9.26. The topological polar surface area (TPSA) is 41.1 Å². The van der Waals surface area contributed by atoms with Crippen molar-refractivity contribution in [1.29, 1.82) is 0 Å². The number of amides is 1. The average Bonchev–Trinajstić information content (AvgIpc) is 2.20. The summed E-state index contributed by atoms with van der Waals surface area (Å²) in [6, 6.07) is 0. The van der Waals surface area contributed by atoms with Gasteiger partial charge in [0.15, 0.2) is 0 Å². The van der Waals surface area contributed by atoms with Crippen LogP contribution in [0.4, 0.5) is 0 Å². The molecular weight excluding hydrogens is 176 g/mol. The molecule has 0 rings (SSSR count). The monoisotopic (exact) mass is 198 g/mol. The van der Waals surface area contributed by atoms with Crippen LogP contribution in [0.15, 0.2) is 12.7 Å². The Bertz CT molecular complexity index is 157. The molecule has 0 unspecified atom stereocenters. The lowest BCUT2D eigenvalue weighted by atomic mass is 10.3. The molecule has 0 bridgehead atoms. The average molecular weight is 198 g/mol. The summed E-state index contributed by atoms with van der Waals surface area (Å²) < 4.78 is 0. The zero-order chi connectivity index (χ0) is 10.6. The minimum absolute atomic E-state index is 0.142. The van der Waals surface area contributed by atoms with Crippen LogP contribution in [0.1, 0.15) is 32.6 Å². The molecule has 0 fully saturated rings. The van der Waals surface area contributed by atoms with Gasteiger partial charge >= 0.3 is 0 Å². The lowest BCUT2D eigenvalue weighted by molar-refractivity contribution is -0.120. The Morgan fingerprint density at radius 1 is 1.36 bits per heavy atom. The number of nitrogens with one attached hydrogen (secondary N) is 2. The van der Waals surface area contributed by atoms with Gasteiger partial charge in [0.2, 0.25) is 5.91 Å². The predicted molar refractivity (Wildman–Crippen MR) is 60.2 cm³/mol. The molecule has 0 aliphatic heterocycles. The number of unbranched alkanes of at least 4 members (excludes halogenated alkanes) is 1. The van der Waals surface area contributed by atoms with E-state index in [0.29, 0.717) is 6.42 Å². The lowest BCUT2D eigenvalue weighted by Crippen LogP contribution is -2.28. The van der Waals surface area contributed by atoms with Crippen molar-refractivity contribution in [3.05, 3.63) is 12.7 Å². The third-order valence-electron chi connectivity index (χ3n) is 1.86. The van der Waals surface area contributed by atoms with Crippen LogP contribution < -0.4 is 10.6 Å². The largest absolute Gasteiger partial charge is 0.356 e. The van der Waals surface area contributed by atoms with Crippen LogP contribution in [0, 0.1) is 0 Å². The maximum atomic E-state index is 11.1. The van der Waals surface area contributed by atoms with Crippen molar-refractivity contribution in [3.8, 4) is 0 Å². The molecule has 0 heterocycles. The summed E-state index contributed by atoms with van der Waals surface area (Å²) in [6.45, 7) is 8.22. The molecule has 0 saturated heterocycles. The molecule has 3 heteroatoms. The van der Waals surface area contributed by atoms with Crippen molar-refractivity contribution in [1.82, 2.24) is 10.6 Å². The molecule has 1 amide bonds. The third-order valence-corrected chi connectivity index (χ3v) is 1.86. The second-order valence-corrected chi connectivity index (χ2v) is 3.28. The van der Waals surface area contributed by atoms with E-state index in [1.165, 1.54) is 0 Å². The molecule has 0 atom stereocenters. The van der Waals surface area contributed by atoms with Crippen molar-refractivity contribution in [2.24, 2.45) is 0 Å². The van der Waals surface area contributed by atoms with Gasteiger partial charge < -0.3 is 10.6 Å². The van der Waals surface area contributed by atoms with Crippen molar-refractivity contribution >= 4 is 5.91 Å². The Morgan fingerprint density at radius 3 is 2.79 bits per heavy atom. The van der Waals surface area contributed by atoms with Crippen LogP contribution in [0.5, 0.6) is 0 Å². The van der Waals surface area contributed by atoms with Gasteiger partial charge in [-0.05, 0) is 25.8 Å². The summed E-state index contributed by atoms with van der Waals surface area (Å²) in [5.41, 5.74) is 0. The lowest BCUT2D eigenvalue weighted by Gasteiger charge is -2.04. The maximum Gasteiger partial charge on any atom is 0.221 e. The summed E-state index contributed by atoms with van der Waals surface area (Å²) in [7, 11) is 0. The van der Waals surface area contributed by atoms with Crippen molar-refractivity contribution in [2.45, 2.75) is 32.6 Å². The van der Waals surface area contributed by atoms with E-state index in [-0.39, 0.29) is 5.91 Å². The van der Waals surface area contributed by atoms with Gasteiger partial charge in [-0.15, -0.1) is 6.58 Å². The minimum atomic E-state index is 0.142. The molecule has 0 aromatic carbocycles. The molecule has 14 heavy (non-hydrogen) atoms. The molecule has 0 aromatic rings. The van der Waals surface area contributed by atoms with Crippen molar-refractivity contribution in [3.63, 3.8) is 0 Å². The predicted octanol–water partition coefficient (Wildman–Crippen LogP) is 1.46. The molecule has 3 nitrogen and oxygen atoms in total. The van der Waals surface area contributed by atoms with E-state index in [4.69, 9.17) is 0 Å². The fourth-order valence-corrected chi connectivity index (χ4v) is 1.05. The van der Waals surface area contributed by atoms with E-state index in [9.17, 15) is 4.79 Å². The molecule has 0 aromatic heterocycles. The quantitative estimate of drug-likeness (QED) is 0.435. The Morgan fingerprint density at radius 2 is 2.14 bits per heavy atom. The SMILES string of the molecule is C=CCCCNCCC(=O)NCCC. The van der Waals surface area contributed by atoms with Gasteiger partial charge in [0.25, 0.3) is 0 Å². The second-order valence-electron chi connectivity index (χ2n) is 3.28. The number of carbonyl (C=O) groups excluding carboxylic acids is 1. The van der Waals surface area contributed by atoms with Crippen LogP contribution in [-0.4, -0.2) is 25.5 Å². The number of rotatable bonds is 9. The van der Waals surface area contributed by atoms with Gasteiger partial charge in [0, 0.05) is 19.5 Å². The van der Waals surface area contributed by atoms with Gasteiger partial charge in [-0.3, -0.25) is 4.79 Å². The summed E-state index contributed by atoms with van der Waals surface area (Å²) in [5, 5.41) is 6.06. The molecular formula is C11H22N2O. The zero-order valence-corrected chi connectivity index (χ0v) is 9.14. The zero-order valence-electron chi connectivity index (χ0n) is 9.14. The Balaban J connectivity index is 3.10. The molecule has 0 saturated carbocycles. The highest BCUT2D eigenvalue weighted by atomic mass is 16.1. The van der Waals surface area contributed by atoms with Crippen molar-refractivity contribution in [2.75, 3.05) is 19.6 Å². The van der Waals surface area contributed by atoms with E-state index in [1.54, 1.807) is 0 Å². The van der Waals surface area contributed by atoms with Crippen LogP contribution in [0.3, 0.4) is 0 Å². The number of hydrogen-bond acceptors (Lipinski definition) is 2. The fraction of sp³-hybridized carbons (Fsp3) is 0.727. The Labute approximate surface area is 87.0 Å². The highest BCUT2D eigenvalue weighted by molar-refractivity contribution is 5.75. The first kappa shape index (κ1) is 13.2. The maximum absolute atomic E-state index is 11.1. The van der Waals surface area contributed by atoms with E-state index >= 15 is 0 Å². The van der Waals surface area contributed by atoms with E-state index in [2.05, 4.69) is 17.2 Å². The first-order valence-electron chi connectivity index (χ1n) is 5.39. The molecule has 2 N–H and O–H groups in total. The van der Waals surface area contributed by atoms with E-state index in [0.717, 1.165) is 38.9 Å².